The Labute approximate surface area is 72.7 Å². The summed E-state index contributed by atoms with van der Waals surface area (Å²) in [6.45, 7) is 0. The summed E-state index contributed by atoms with van der Waals surface area (Å²) in [4.78, 5) is 7.71. The van der Waals surface area contributed by atoms with Crippen molar-refractivity contribution in [2.75, 3.05) is 5.75 Å². The molecule has 1 rings (SSSR count). The summed E-state index contributed by atoms with van der Waals surface area (Å²) in [6, 6.07) is 1.68. The second-order valence-electron chi connectivity index (χ2n) is 1.84. The summed E-state index contributed by atoms with van der Waals surface area (Å²) in [7, 11) is 0. The maximum Gasteiger partial charge on any atom is 0.267 e. The van der Waals surface area contributed by atoms with Crippen molar-refractivity contribution in [1.29, 1.82) is 0 Å². The van der Waals surface area contributed by atoms with Crippen molar-refractivity contribution in [1.82, 2.24) is 9.97 Å². The van der Waals surface area contributed by atoms with Gasteiger partial charge in [-0.05, 0) is 12.1 Å². The average Bonchev–Trinajstić information content (AvgIpc) is 2.05. The number of rotatable bonds is 3. The van der Waals surface area contributed by atoms with Crippen LogP contribution in [0.1, 0.15) is 0 Å². The Morgan fingerprint density at radius 3 is 2.67 bits per heavy atom. The third-order valence-electron chi connectivity index (χ3n) is 0.992. The zero-order valence-corrected chi connectivity index (χ0v) is 6.89. The van der Waals surface area contributed by atoms with Crippen LogP contribution in [0.2, 0.25) is 0 Å². The lowest BCUT2D eigenvalue weighted by molar-refractivity contribution is 0.420. The minimum atomic E-state index is -1.67. The molecule has 0 aromatic carbocycles. The van der Waals surface area contributed by atoms with E-state index < -0.39 is 6.08 Å². The topological polar surface area (TPSA) is 25.8 Å². The van der Waals surface area contributed by atoms with Gasteiger partial charge in [0.15, 0.2) is 5.16 Å². The molecule has 0 aliphatic rings. The predicted octanol–water partition coefficient (Wildman–Crippen LogP) is 2.35. The fourth-order valence-corrected chi connectivity index (χ4v) is 1.17. The van der Waals surface area contributed by atoms with Gasteiger partial charge in [0, 0.05) is 18.1 Å². The number of aromatic nitrogens is 2. The Balaban J connectivity index is 2.39. The van der Waals surface area contributed by atoms with Crippen molar-refractivity contribution >= 4 is 11.8 Å². The minimum Gasteiger partial charge on any atom is -0.231 e. The highest BCUT2D eigenvalue weighted by molar-refractivity contribution is 7.99. The standard InChI is InChI=1S/C7H6F2N2S/c8-6(9)2-5-12-7-10-3-1-4-11-7/h1-4H,5H2. The van der Waals surface area contributed by atoms with Crippen molar-refractivity contribution in [2.45, 2.75) is 5.16 Å². The molecule has 5 heteroatoms. The molecule has 0 aliphatic carbocycles. The Bertz CT molecular complexity index is 259. The van der Waals surface area contributed by atoms with Crippen LogP contribution in [0, 0.1) is 0 Å². The van der Waals surface area contributed by atoms with Gasteiger partial charge < -0.3 is 0 Å². The summed E-state index contributed by atoms with van der Waals surface area (Å²) >= 11 is 1.17. The fraction of sp³-hybridized carbons (Fsp3) is 0.143. The number of hydrogen-bond donors (Lipinski definition) is 0. The highest BCUT2D eigenvalue weighted by Gasteiger charge is 1.94. The second-order valence-corrected chi connectivity index (χ2v) is 2.82. The maximum absolute atomic E-state index is 11.5. The molecular weight excluding hydrogens is 182 g/mol. The molecule has 1 aromatic rings. The molecule has 0 N–H and O–H groups in total. The number of halogens is 2. The molecule has 0 radical (unpaired) electrons. The number of thioether (sulfide) groups is 1. The lowest BCUT2D eigenvalue weighted by atomic mass is 10.7. The Hall–Kier alpha value is -0.970. The van der Waals surface area contributed by atoms with Gasteiger partial charge in [-0.2, -0.15) is 8.78 Å². The fourth-order valence-electron chi connectivity index (χ4n) is 0.539. The van der Waals surface area contributed by atoms with Crippen LogP contribution in [-0.4, -0.2) is 15.7 Å². The summed E-state index contributed by atoms with van der Waals surface area (Å²) in [5, 5.41) is 0.509. The number of hydrogen-bond acceptors (Lipinski definition) is 3. The Morgan fingerprint density at radius 1 is 1.42 bits per heavy atom. The SMILES string of the molecule is FC(F)=CCSc1ncccn1. The van der Waals surface area contributed by atoms with Crippen molar-refractivity contribution < 1.29 is 8.78 Å². The molecule has 1 heterocycles. The van der Waals surface area contributed by atoms with Crippen LogP contribution in [0.5, 0.6) is 0 Å². The second kappa shape index (κ2) is 4.82. The predicted molar refractivity (Wildman–Crippen MR) is 43.1 cm³/mol. The van der Waals surface area contributed by atoms with Gasteiger partial charge >= 0.3 is 0 Å². The molecule has 1 aromatic heterocycles. The van der Waals surface area contributed by atoms with Gasteiger partial charge in [0.05, 0.1) is 0 Å². The molecule has 64 valence electrons. The monoisotopic (exact) mass is 188 g/mol. The molecule has 2 nitrogen and oxygen atoms in total. The molecule has 0 fully saturated rings. The quantitative estimate of drug-likeness (QED) is 0.538. The van der Waals surface area contributed by atoms with E-state index in [0.717, 1.165) is 6.08 Å². The van der Waals surface area contributed by atoms with Crippen LogP contribution in [-0.2, 0) is 0 Å². The summed E-state index contributed by atoms with van der Waals surface area (Å²) in [5.74, 6) is 0.201. The van der Waals surface area contributed by atoms with Gasteiger partial charge in [-0.25, -0.2) is 9.97 Å². The van der Waals surface area contributed by atoms with Crippen molar-refractivity contribution in [2.24, 2.45) is 0 Å². The van der Waals surface area contributed by atoms with Gasteiger partial charge in [0.1, 0.15) is 0 Å². The molecule has 0 bridgehead atoms. The third kappa shape index (κ3) is 3.43. The zero-order chi connectivity index (χ0) is 8.81. The van der Waals surface area contributed by atoms with Gasteiger partial charge in [-0.3, -0.25) is 0 Å². The van der Waals surface area contributed by atoms with E-state index in [1.54, 1.807) is 18.5 Å². The van der Waals surface area contributed by atoms with E-state index in [0.29, 0.717) is 5.16 Å². The van der Waals surface area contributed by atoms with Crippen LogP contribution in [0.3, 0.4) is 0 Å². The first-order chi connectivity index (χ1) is 5.79. The summed E-state index contributed by atoms with van der Waals surface area (Å²) in [5.41, 5.74) is 0. The molecule has 0 atom stereocenters. The maximum atomic E-state index is 11.5. The van der Waals surface area contributed by atoms with Crippen LogP contribution >= 0.6 is 11.8 Å². The van der Waals surface area contributed by atoms with Crippen LogP contribution in [0.25, 0.3) is 0 Å². The molecule has 0 aliphatic heterocycles. The smallest absolute Gasteiger partial charge is 0.231 e. The van der Waals surface area contributed by atoms with E-state index >= 15 is 0 Å². The molecular formula is C7H6F2N2S. The zero-order valence-electron chi connectivity index (χ0n) is 6.08. The van der Waals surface area contributed by atoms with E-state index in [1.165, 1.54) is 11.8 Å². The van der Waals surface area contributed by atoms with Gasteiger partial charge in [0.25, 0.3) is 6.08 Å². The van der Waals surface area contributed by atoms with Gasteiger partial charge in [-0.1, -0.05) is 11.8 Å². The van der Waals surface area contributed by atoms with E-state index in [1.807, 2.05) is 0 Å². The molecule has 0 saturated carbocycles. The van der Waals surface area contributed by atoms with Crippen LogP contribution in [0.15, 0.2) is 35.8 Å². The average molecular weight is 188 g/mol. The Kier molecular flexibility index (Phi) is 3.66. The largest absolute Gasteiger partial charge is 0.267 e. The minimum absolute atomic E-state index is 0.201. The summed E-state index contributed by atoms with van der Waals surface area (Å²) < 4.78 is 23.1. The normalized spacial score (nSPS) is 9.50. The first-order valence-corrected chi connectivity index (χ1v) is 4.18. The highest BCUT2D eigenvalue weighted by atomic mass is 32.2. The van der Waals surface area contributed by atoms with E-state index in [2.05, 4.69) is 9.97 Å². The highest BCUT2D eigenvalue weighted by Crippen LogP contribution is 2.12. The van der Waals surface area contributed by atoms with Crippen molar-refractivity contribution in [3.05, 3.63) is 30.6 Å². The molecule has 0 unspecified atom stereocenters. The lowest BCUT2D eigenvalue weighted by Gasteiger charge is -1.92. The van der Waals surface area contributed by atoms with Crippen LogP contribution in [0.4, 0.5) is 8.78 Å². The summed E-state index contributed by atoms with van der Waals surface area (Å²) in [6.07, 6.45) is 2.31. The Morgan fingerprint density at radius 2 is 2.08 bits per heavy atom. The van der Waals surface area contributed by atoms with Gasteiger partial charge in [0.2, 0.25) is 0 Å². The molecule has 0 spiro atoms. The van der Waals surface area contributed by atoms with Crippen molar-refractivity contribution in [3.63, 3.8) is 0 Å². The first-order valence-electron chi connectivity index (χ1n) is 3.20. The van der Waals surface area contributed by atoms with E-state index in [-0.39, 0.29) is 5.75 Å². The lowest BCUT2D eigenvalue weighted by Crippen LogP contribution is -1.83. The first kappa shape index (κ1) is 9.12. The van der Waals surface area contributed by atoms with Crippen LogP contribution < -0.4 is 0 Å². The van der Waals surface area contributed by atoms with E-state index in [9.17, 15) is 8.78 Å². The third-order valence-corrected chi connectivity index (χ3v) is 1.79. The molecule has 12 heavy (non-hydrogen) atoms. The van der Waals surface area contributed by atoms with Gasteiger partial charge in [-0.15, -0.1) is 0 Å². The van der Waals surface area contributed by atoms with E-state index in [4.69, 9.17) is 0 Å². The number of nitrogens with zero attached hydrogens (tertiary/aromatic N) is 2. The van der Waals surface area contributed by atoms with Crippen molar-refractivity contribution in [3.8, 4) is 0 Å². The molecule has 0 amide bonds. The molecule has 0 saturated heterocycles.